The summed E-state index contributed by atoms with van der Waals surface area (Å²) in [4.78, 5) is 14.3. The topological polar surface area (TPSA) is 41.5 Å². The monoisotopic (exact) mass is 356 g/mol. The molecule has 0 N–H and O–H groups in total. The number of rotatable bonds is 7. The summed E-state index contributed by atoms with van der Waals surface area (Å²) in [5, 5.41) is 0. The van der Waals surface area contributed by atoms with Crippen LogP contribution in [0.1, 0.15) is 44.9 Å². The summed E-state index contributed by atoms with van der Waals surface area (Å²) >= 11 is 0. The molecule has 2 saturated heterocycles. The van der Waals surface area contributed by atoms with E-state index in [4.69, 9.17) is 4.74 Å². The van der Waals surface area contributed by atoms with E-state index < -0.39 is 0 Å². The second kappa shape index (κ2) is 7.08. The minimum atomic E-state index is 0.436. The van der Waals surface area contributed by atoms with Crippen LogP contribution in [0.15, 0.2) is 18.5 Å². The van der Waals surface area contributed by atoms with Crippen molar-refractivity contribution in [2.24, 2.45) is 17.3 Å². The summed E-state index contributed by atoms with van der Waals surface area (Å²) in [5.41, 5.74) is 0.437. The highest BCUT2D eigenvalue weighted by molar-refractivity contribution is 5.35. The Bertz CT molecular complexity index is 593. The van der Waals surface area contributed by atoms with Crippen LogP contribution in [0, 0.1) is 17.3 Å². The van der Waals surface area contributed by atoms with Gasteiger partial charge in [-0.15, -0.1) is 0 Å². The van der Waals surface area contributed by atoms with Crippen molar-refractivity contribution in [3.05, 3.63) is 18.5 Å². The first-order valence-electron chi connectivity index (χ1n) is 10.6. The van der Waals surface area contributed by atoms with Crippen LogP contribution in [-0.4, -0.2) is 60.3 Å². The fourth-order valence-electron chi connectivity index (χ4n) is 4.88. The summed E-state index contributed by atoms with van der Waals surface area (Å²) < 4.78 is 6.10. The molecule has 1 aromatic rings. The lowest BCUT2D eigenvalue weighted by Crippen LogP contribution is -2.42. The van der Waals surface area contributed by atoms with Crippen molar-refractivity contribution in [1.29, 1.82) is 0 Å². The van der Waals surface area contributed by atoms with E-state index in [9.17, 15) is 0 Å². The van der Waals surface area contributed by atoms with Gasteiger partial charge < -0.3 is 14.5 Å². The van der Waals surface area contributed by atoms with Gasteiger partial charge in [-0.1, -0.05) is 0 Å². The fraction of sp³-hybridized carbons (Fsp3) is 0.810. The minimum absolute atomic E-state index is 0.436. The van der Waals surface area contributed by atoms with Gasteiger partial charge in [0.1, 0.15) is 0 Å². The minimum Gasteiger partial charge on any atom is -0.379 e. The van der Waals surface area contributed by atoms with Crippen molar-refractivity contribution in [2.75, 3.05) is 44.3 Å². The molecule has 0 bridgehead atoms. The number of piperidine rings is 1. The highest BCUT2D eigenvalue weighted by Gasteiger charge is 2.46. The second-order valence-electron chi connectivity index (χ2n) is 9.26. The van der Waals surface area contributed by atoms with E-state index in [-0.39, 0.29) is 0 Å². The Hall–Kier alpha value is -1.20. The van der Waals surface area contributed by atoms with E-state index in [0.29, 0.717) is 11.5 Å². The molecule has 2 aliphatic carbocycles. The van der Waals surface area contributed by atoms with E-state index in [1.54, 1.807) is 0 Å². The molecule has 5 rings (SSSR count). The van der Waals surface area contributed by atoms with Gasteiger partial charge in [-0.25, -0.2) is 9.97 Å². The highest BCUT2D eigenvalue weighted by atomic mass is 16.5. The van der Waals surface area contributed by atoms with Crippen molar-refractivity contribution < 1.29 is 4.74 Å². The Balaban J connectivity index is 1.24. The summed E-state index contributed by atoms with van der Waals surface area (Å²) in [6.45, 7) is 6.77. The van der Waals surface area contributed by atoms with Crippen molar-refractivity contribution >= 4 is 5.95 Å². The summed E-state index contributed by atoms with van der Waals surface area (Å²) in [7, 11) is 0. The predicted molar refractivity (Wildman–Crippen MR) is 102 cm³/mol. The van der Waals surface area contributed by atoms with Gasteiger partial charge in [-0.3, -0.25) is 0 Å². The first kappa shape index (κ1) is 16.9. The van der Waals surface area contributed by atoms with Crippen molar-refractivity contribution in [2.45, 2.75) is 51.0 Å². The Morgan fingerprint density at radius 3 is 2.42 bits per heavy atom. The molecule has 1 spiro atoms. The van der Waals surface area contributed by atoms with Gasteiger partial charge in [0.25, 0.3) is 0 Å². The van der Waals surface area contributed by atoms with Crippen LogP contribution >= 0.6 is 0 Å². The third kappa shape index (κ3) is 3.89. The second-order valence-corrected chi connectivity index (χ2v) is 9.26. The zero-order valence-corrected chi connectivity index (χ0v) is 15.9. The van der Waals surface area contributed by atoms with Gasteiger partial charge >= 0.3 is 0 Å². The molecular weight excluding hydrogens is 324 g/mol. The summed E-state index contributed by atoms with van der Waals surface area (Å²) in [5.74, 6) is 2.73. The molecule has 4 aliphatic rings. The smallest absolute Gasteiger partial charge is 0.225 e. The number of nitrogens with zero attached hydrogens (tertiary/aromatic N) is 4. The third-order valence-corrected chi connectivity index (χ3v) is 6.91. The normalized spacial score (nSPS) is 28.8. The maximum atomic E-state index is 6.10. The number of likely N-dealkylation sites (tertiary alicyclic amines) is 1. The molecule has 1 atom stereocenters. The van der Waals surface area contributed by atoms with E-state index >= 15 is 0 Å². The van der Waals surface area contributed by atoms with E-state index in [1.165, 1.54) is 64.6 Å². The van der Waals surface area contributed by atoms with Crippen LogP contribution in [0.3, 0.4) is 0 Å². The molecule has 2 saturated carbocycles. The Labute approximate surface area is 157 Å². The van der Waals surface area contributed by atoms with Gasteiger partial charge in [0.15, 0.2) is 0 Å². The quantitative estimate of drug-likeness (QED) is 0.751. The molecule has 5 heteroatoms. The number of hydrogen-bond acceptors (Lipinski definition) is 5. The Morgan fingerprint density at radius 2 is 1.73 bits per heavy atom. The zero-order valence-electron chi connectivity index (χ0n) is 15.9. The van der Waals surface area contributed by atoms with Crippen LogP contribution in [0.25, 0.3) is 0 Å². The maximum Gasteiger partial charge on any atom is 0.225 e. The van der Waals surface area contributed by atoms with Gasteiger partial charge in [-0.05, 0) is 81.4 Å². The predicted octanol–water partition coefficient (Wildman–Crippen LogP) is 2.97. The average Bonchev–Trinajstić information content (AvgIpc) is 3.59. The molecular formula is C21H32N4O. The van der Waals surface area contributed by atoms with Crippen LogP contribution < -0.4 is 4.90 Å². The molecule has 0 radical (unpaired) electrons. The van der Waals surface area contributed by atoms with Crippen LogP contribution in [0.4, 0.5) is 5.95 Å². The molecule has 142 valence electrons. The lowest BCUT2D eigenvalue weighted by atomic mass is 9.76. The number of aromatic nitrogens is 2. The number of ether oxygens (including phenoxy) is 1. The van der Waals surface area contributed by atoms with Crippen molar-refractivity contribution in [3.63, 3.8) is 0 Å². The molecule has 4 fully saturated rings. The van der Waals surface area contributed by atoms with Crippen molar-refractivity contribution in [1.82, 2.24) is 14.9 Å². The molecule has 5 nitrogen and oxygen atoms in total. The zero-order chi connectivity index (χ0) is 17.4. The average molecular weight is 357 g/mol. The largest absolute Gasteiger partial charge is 0.379 e. The summed E-state index contributed by atoms with van der Waals surface area (Å²) in [6.07, 6.45) is 13.3. The highest BCUT2D eigenvalue weighted by Crippen LogP contribution is 2.45. The SMILES string of the molecule is c1cnc(N2CC3(CCN(CC4CC4)CC3)C[C@@H]2COCC2CC2)nc1. The third-order valence-electron chi connectivity index (χ3n) is 6.91. The maximum absolute atomic E-state index is 6.10. The van der Waals surface area contributed by atoms with Crippen LogP contribution in [0.2, 0.25) is 0 Å². The molecule has 3 heterocycles. The molecule has 0 amide bonds. The molecule has 0 aromatic carbocycles. The first-order chi connectivity index (χ1) is 12.8. The van der Waals surface area contributed by atoms with Gasteiger partial charge in [0.05, 0.1) is 12.6 Å². The van der Waals surface area contributed by atoms with Gasteiger partial charge in [0.2, 0.25) is 5.95 Å². The number of anilines is 1. The van der Waals surface area contributed by atoms with Gasteiger partial charge in [0, 0.05) is 32.1 Å². The summed E-state index contributed by atoms with van der Waals surface area (Å²) in [6, 6.07) is 2.34. The number of hydrogen-bond donors (Lipinski definition) is 0. The fourth-order valence-corrected chi connectivity index (χ4v) is 4.88. The van der Waals surface area contributed by atoms with E-state index in [1.807, 2.05) is 18.5 Å². The molecule has 26 heavy (non-hydrogen) atoms. The van der Waals surface area contributed by atoms with Crippen molar-refractivity contribution in [3.8, 4) is 0 Å². The van der Waals surface area contributed by atoms with E-state index in [2.05, 4.69) is 19.8 Å². The molecule has 1 aromatic heterocycles. The van der Waals surface area contributed by atoms with Crippen LogP contribution in [-0.2, 0) is 4.74 Å². The lowest BCUT2D eigenvalue weighted by Gasteiger charge is -2.39. The van der Waals surface area contributed by atoms with E-state index in [0.717, 1.165) is 37.5 Å². The standard InChI is InChI=1S/C21H32N4O/c1-8-22-20(23-9-1)25-16-21(12-19(25)15-26-14-18-4-5-18)6-10-24(11-7-21)13-17-2-3-17/h1,8-9,17-19H,2-7,10-16H2/t19-/m1/s1. The first-order valence-corrected chi connectivity index (χ1v) is 10.6. The van der Waals surface area contributed by atoms with Crippen LogP contribution in [0.5, 0.6) is 0 Å². The Morgan fingerprint density at radius 1 is 1.00 bits per heavy atom. The Kier molecular flexibility index (Phi) is 4.61. The molecule has 0 unspecified atom stereocenters. The van der Waals surface area contributed by atoms with Gasteiger partial charge in [-0.2, -0.15) is 0 Å². The lowest BCUT2D eigenvalue weighted by molar-refractivity contribution is 0.0912. The molecule has 2 aliphatic heterocycles.